The standard InChI is InChI=1S/C32H27N3O3S/c36-30(33-21-20-24-10-4-1-5-11-24)23-38-28-18-16-25(17-19-28)22-29-31(37)35(27-14-8-3-9-15-27)32(39-29)34-26-12-6-2-7-13-26/h1-19,22H,20-21,23H2,(H,33,36). The van der Waals surface area contributed by atoms with Crippen LogP contribution in [0.25, 0.3) is 6.08 Å². The Hall–Kier alpha value is -4.62. The summed E-state index contributed by atoms with van der Waals surface area (Å²) in [4.78, 5) is 32.5. The number of carbonyl (C=O) groups is 2. The molecule has 6 nitrogen and oxygen atoms in total. The third-order valence-electron chi connectivity index (χ3n) is 5.93. The van der Waals surface area contributed by atoms with Crippen molar-refractivity contribution in [2.75, 3.05) is 18.1 Å². The fraction of sp³-hybridized carbons (Fsp3) is 0.0938. The molecule has 39 heavy (non-hydrogen) atoms. The molecule has 0 saturated carbocycles. The van der Waals surface area contributed by atoms with Crippen LogP contribution in [-0.2, 0) is 16.0 Å². The van der Waals surface area contributed by atoms with E-state index in [0.717, 1.165) is 23.4 Å². The number of rotatable bonds is 9. The fourth-order valence-corrected chi connectivity index (χ4v) is 4.97. The van der Waals surface area contributed by atoms with Crippen LogP contribution in [0.2, 0.25) is 0 Å². The number of nitrogens with zero attached hydrogens (tertiary/aromatic N) is 2. The van der Waals surface area contributed by atoms with Gasteiger partial charge in [0.05, 0.1) is 16.3 Å². The zero-order valence-electron chi connectivity index (χ0n) is 21.2. The van der Waals surface area contributed by atoms with Crippen LogP contribution in [0.3, 0.4) is 0 Å². The van der Waals surface area contributed by atoms with Crippen molar-refractivity contribution in [2.45, 2.75) is 6.42 Å². The molecule has 0 radical (unpaired) electrons. The SMILES string of the molecule is O=C(COc1ccc(C=C2SC(=Nc3ccccc3)N(c3ccccc3)C2=O)cc1)NCCc1ccccc1. The monoisotopic (exact) mass is 533 g/mol. The van der Waals surface area contributed by atoms with Crippen molar-refractivity contribution in [1.29, 1.82) is 0 Å². The summed E-state index contributed by atoms with van der Waals surface area (Å²) in [5, 5.41) is 3.47. The predicted octanol–water partition coefficient (Wildman–Crippen LogP) is 6.23. The first kappa shape index (κ1) is 26.0. The van der Waals surface area contributed by atoms with Crippen molar-refractivity contribution in [3.05, 3.63) is 131 Å². The Kier molecular flexibility index (Phi) is 8.51. The number of carbonyl (C=O) groups excluding carboxylic acids is 2. The van der Waals surface area contributed by atoms with E-state index in [1.54, 1.807) is 17.0 Å². The van der Waals surface area contributed by atoms with E-state index in [-0.39, 0.29) is 18.4 Å². The van der Waals surface area contributed by atoms with E-state index in [2.05, 4.69) is 5.32 Å². The number of aliphatic imine (C=N–C) groups is 1. The van der Waals surface area contributed by atoms with Crippen molar-refractivity contribution in [1.82, 2.24) is 5.32 Å². The maximum atomic E-state index is 13.4. The highest BCUT2D eigenvalue weighted by Gasteiger charge is 2.34. The number of amidine groups is 1. The Morgan fingerprint density at radius 1 is 0.846 bits per heavy atom. The molecular formula is C32H27N3O3S. The van der Waals surface area contributed by atoms with Gasteiger partial charge in [0.1, 0.15) is 5.75 Å². The van der Waals surface area contributed by atoms with Gasteiger partial charge >= 0.3 is 0 Å². The Balaban J connectivity index is 1.22. The van der Waals surface area contributed by atoms with Gasteiger partial charge in [0, 0.05) is 6.54 Å². The number of amides is 2. The summed E-state index contributed by atoms with van der Waals surface area (Å²) in [5.74, 6) is 0.280. The van der Waals surface area contributed by atoms with E-state index in [0.29, 0.717) is 22.4 Å². The smallest absolute Gasteiger partial charge is 0.271 e. The molecule has 0 aliphatic carbocycles. The zero-order valence-corrected chi connectivity index (χ0v) is 22.0. The lowest BCUT2D eigenvalue weighted by Crippen LogP contribution is -2.30. The summed E-state index contributed by atoms with van der Waals surface area (Å²) in [6.45, 7) is 0.495. The summed E-state index contributed by atoms with van der Waals surface area (Å²) in [6, 6.07) is 36.4. The Morgan fingerprint density at radius 2 is 1.49 bits per heavy atom. The Bertz CT molecular complexity index is 1470. The molecule has 4 aromatic rings. The first-order valence-corrected chi connectivity index (χ1v) is 13.4. The average molecular weight is 534 g/mol. The van der Waals surface area contributed by atoms with Crippen LogP contribution in [0.15, 0.2) is 125 Å². The number of hydrogen-bond acceptors (Lipinski definition) is 5. The van der Waals surface area contributed by atoms with Crippen LogP contribution in [-0.4, -0.2) is 30.1 Å². The summed E-state index contributed by atoms with van der Waals surface area (Å²) in [6.07, 6.45) is 2.61. The largest absolute Gasteiger partial charge is 0.484 e. The molecule has 1 aliphatic rings. The Labute approximate surface area is 232 Å². The van der Waals surface area contributed by atoms with Crippen LogP contribution in [0, 0.1) is 0 Å². The quantitative estimate of drug-likeness (QED) is 0.259. The molecule has 1 heterocycles. The first-order valence-electron chi connectivity index (χ1n) is 12.6. The van der Waals surface area contributed by atoms with E-state index >= 15 is 0 Å². The van der Waals surface area contributed by atoms with Crippen LogP contribution < -0.4 is 15.0 Å². The Morgan fingerprint density at radius 3 is 2.18 bits per heavy atom. The minimum Gasteiger partial charge on any atom is -0.484 e. The predicted molar refractivity (Wildman–Crippen MR) is 158 cm³/mol. The molecule has 1 fully saturated rings. The topological polar surface area (TPSA) is 71.0 Å². The second-order valence-electron chi connectivity index (χ2n) is 8.76. The van der Waals surface area contributed by atoms with Gasteiger partial charge in [0.15, 0.2) is 11.8 Å². The number of anilines is 1. The van der Waals surface area contributed by atoms with Gasteiger partial charge in [-0.3, -0.25) is 14.5 Å². The number of nitrogens with one attached hydrogen (secondary N) is 1. The van der Waals surface area contributed by atoms with Crippen LogP contribution >= 0.6 is 11.8 Å². The summed E-state index contributed by atoms with van der Waals surface area (Å²) in [5.41, 5.74) is 3.56. The molecule has 2 amide bonds. The lowest BCUT2D eigenvalue weighted by atomic mass is 10.1. The summed E-state index contributed by atoms with van der Waals surface area (Å²) < 4.78 is 5.64. The summed E-state index contributed by atoms with van der Waals surface area (Å²) >= 11 is 1.34. The molecule has 0 unspecified atom stereocenters. The van der Waals surface area contributed by atoms with Crippen molar-refractivity contribution < 1.29 is 14.3 Å². The minimum absolute atomic E-state index is 0.0606. The van der Waals surface area contributed by atoms with E-state index in [1.165, 1.54) is 17.3 Å². The number of benzene rings is 4. The summed E-state index contributed by atoms with van der Waals surface area (Å²) in [7, 11) is 0. The average Bonchev–Trinajstić information content (AvgIpc) is 3.28. The molecule has 0 aromatic heterocycles. The first-order chi connectivity index (χ1) is 19.2. The van der Waals surface area contributed by atoms with Crippen LogP contribution in [0.4, 0.5) is 11.4 Å². The number of para-hydroxylation sites is 2. The lowest BCUT2D eigenvalue weighted by molar-refractivity contribution is -0.123. The van der Waals surface area contributed by atoms with Crippen LogP contribution in [0.5, 0.6) is 5.75 Å². The fourth-order valence-electron chi connectivity index (χ4n) is 3.97. The normalized spacial score (nSPS) is 15.1. The molecule has 5 rings (SSSR count). The second-order valence-corrected chi connectivity index (χ2v) is 9.77. The molecule has 0 atom stereocenters. The van der Waals surface area contributed by atoms with Gasteiger partial charge in [-0.1, -0.05) is 78.9 Å². The van der Waals surface area contributed by atoms with E-state index in [1.807, 2.05) is 109 Å². The highest BCUT2D eigenvalue weighted by atomic mass is 32.2. The highest BCUT2D eigenvalue weighted by molar-refractivity contribution is 8.19. The maximum absolute atomic E-state index is 13.4. The molecule has 1 N–H and O–H groups in total. The minimum atomic E-state index is -0.170. The number of thioether (sulfide) groups is 1. The molecule has 7 heteroatoms. The van der Waals surface area contributed by atoms with Crippen LogP contribution in [0.1, 0.15) is 11.1 Å². The number of hydrogen-bond donors (Lipinski definition) is 1. The van der Waals surface area contributed by atoms with E-state index in [9.17, 15) is 9.59 Å². The molecule has 0 bridgehead atoms. The van der Waals surface area contributed by atoms with Crippen molar-refractivity contribution in [3.8, 4) is 5.75 Å². The third kappa shape index (κ3) is 7.03. The molecule has 1 aliphatic heterocycles. The van der Waals surface area contributed by atoms with Gasteiger partial charge in [-0.05, 0) is 71.8 Å². The van der Waals surface area contributed by atoms with E-state index in [4.69, 9.17) is 9.73 Å². The van der Waals surface area contributed by atoms with Crippen molar-refractivity contribution in [3.63, 3.8) is 0 Å². The second kappa shape index (κ2) is 12.8. The van der Waals surface area contributed by atoms with Gasteiger partial charge in [-0.25, -0.2) is 4.99 Å². The van der Waals surface area contributed by atoms with Crippen molar-refractivity contribution in [2.24, 2.45) is 4.99 Å². The molecule has 0 spiro atoms. The van der Waals surface area contributed by atoms with Gasteiger partial charge in [-0.15, -0.1) is 0 Å². The molecule has 4 aromatic carbocycles. The maximum Gasteiger partial charge on any atom is 0.271 e. The van der Waals surface area contributed by atoms with Gasteiger partial charge < -0.3 is 10.1 Å². The zero-order chi connectivity index (χ0) is 26.9. The lowest BCUT2D eigenvalue weighted by Gasteiger charge is -2.15. The third-order valence-corrected chi connectivity index (χ3v) is 6.90. The highest BCUT2D eigenvalue weighted by Crippen LogP contribution is 2.37. The van der Waals surface area contributed by atoms with Gasteiger partial charge in [0.2, 0.25) is 0 Å². The molecular weight excluding hydrogens is 506 g/mol. The van der Waals surface area contributed by atoms with Gasteiger partial charge in [0.25, 0.3) is 11.8 Å². The van der Waals surface area contributed by atoms with Crippen molar-refractivity contribution >= 4 is 46.2 Å². The number of ether oxygens (including phenoxy) is 1. The molecule has 194 valence electrons. The van der Waals surface area contributed by atoms with Gasteiger partial charge in [-0.2, -0.15) is 0 Å². The molecule has 1 saturated heterocycles. The van der Waals surface area contributed by atoms with E-state index < -0.39 is 0 Å².